The van der Waals surface area contributed by atoms with Crippen molar-refractivity contribution in [1.29, 1.82) is 0 Å². The van der Waals surface area contributed by atoms with Crippen LogP contribution in [0.3, 0.4) is 0 Å². The van der Waals surface area contributed by atoms with E-state index in [2.05, 4.69) is 83.8 Å². The van der Waals surface area contributed by atoms with Crippen molar-refractivity contribution in [3.05, 3.63) is 146 Å². The smallest absolute Gasteiger partial charge is 0.227 e. The van der Waals surface area contributed by atoms with E-state index in [4.69, 9.17) is 13.8 Å². The molecule has 0 saturated carbocycles. The van der Waals surface area contributed by atoms with Gasteiger partial charge >= 0.3 is 0 Å². The zero-order valence-corrected chi connectivity index (χ0v) is 22.1. The van der Waals surface area contributed by atoms with E-state index in [0.29, 0.717) is 11.5 Å². The Balaban J connectivity index is 1.43. The standard InChI is InChI=1S/C37H24N2O2/c1-4-12-25(13-5-1)26-20-22-29(23-21-26)39(28-16-8-3-9-17-28)36-34-30-18-10-11-19-31(30)40-32(34)24-33-35(36)38-37(41-33)27-14-6-2-7-15-27/h1-24H. The predicted octanol–water partition coefficient (Wildman–Crippen LogP) is 10.5. The first-order valence-corrected chi connectivity index (χ1v) is 13.6. The summed E-state index contributed by atoms with van der Waals surface area (Å²) in [4.78, 5) is 7.37. The fourth-order valence-corrected chi connectivity index (χ4v) is 5.59. The van der Waals surface area contributed by atoms with Crippen LogP contribution >= 0.6 is 0 Å². The van der Waals surface area contributed by atoms with Crippen LogP contribution in [0.4, 0.5) is 17.1 Å². The first-order valence-electron chi connectivity index (χ1n) is 13.6. The Hall–Kier alpha value is -5.61. The van der Waals surface area contributed by atoms with E-state index in [9.17, 15) is 0 Å². The lowest BCUT2D eigenvalue weighted by molar-refractivity contribution is 0.617. The molecule has 0 amide bonds. The maximum absolute atomic E-state index is 6.40. The minimum atomic E-state index is 0.575. The molecule has 8 rings (SSSR count). The molecule has 0 aliphatic carbocycles. The summed E-state index contributed by atoms with van der Waals surface area (Å²) in [7, 11) is 0. The maximum atomic E-state index is 6.40. The van der Waals surface area contributed by atoms with Crippen molar-refractivity contribution in [3.63, 3.8) is 0 Å². The third-order valence-electron chi connectivity index (χ3n) is 7.49. The highest BCUT2D eigenvalue weighted by molar-refractivity contribution is 6.20. The summed E-state index contributed by atoms with van der Waals surface area (Å²) in [6.07, 6.45) is 0. The summed E-state index contributed by atoms with van der Waals surface area (Å²) >= 11 is 0. The van der Waals surface area contributed by atoms with Gasteiger partial charge in [0.25, 0.3) is 0 Å². The molecule has 8 aromatic rings. The van der Waals surface area contributed by atoms with Gasteiger partial charge in [0.05, 0.1) is 11.1 Å². The first kappa shape index (κ1) is 23.3. The third kappa shape index (κ3) is 3.97. The van der Waals surface area contributed by atoms with E-state index in [-0.39, 0.29) is 0 Å². The first-order chi connectivity index (χ1) is 20.3. The molecule has 0 fully saturated rings. The molecule has 0 saturated heterocycles. The monoisotopic (exact) mass is 528 g/mol. The molecule has 0 unspecified atom stereocenters. The molecule has 0 aliphatic rings. The molecule has 4 heteroatoms. The minimum absolute atomic E-state index is 0.575. The highest BCUT2D eigenvalue weighted by Gasteiger charge is 2.26. The van der Waals surface area contributed by atoms with Crippen LogP contribution in [0.1, 0.15) is 0 Å². The Bertz CT molecular complexity index is 2130. The van der Waals surface area contributed by atoms with Gasteiger partial charge < -0.3 is 13.7 Å². The predicted molar refractivity (Wildman–Crippen MR) is 167 cm³/mol. The van der Waals surface area contributed by atoms with Gasteiger partial charge in [-0.2, -0.15) is 0 Å². The zero-order chi connectivity index (χ0) is 27.2. The molecule has 0 radical (unpaired) electrons. The van der Waals surface area contributed by atoms with Gasteiger partial charge in [0.1, 0.15) is 16.7 Å². The summed E-state index contributed by atoms with van der Waals surface area (Å²) in [5.41, 5.74) is 9.25. The van der Waals surface area contributed by atoms with Crippen molar-refractivity contribution < 1.29 is 8.83 Å². The lowest BCUT2D eigenvalue weighted by atomic mass is 10.0. The number of furan rings is 1. The fraction of sp³-hybridized carbons (Fsp3) is 0. The Kier molecular flexibility index (Phi) is 5.42. The Morgan fingerprint density at radius 1 is 0.463 bits per heavy atom. The van der Waals surface area contributed by atoms with Crippen LogP contribution in [0.15, 0.2) is 154 Å². The number of nitrogens with zero attached hydrogens (tertiary/aromatic N) is 2. The number of rotatable bonds is 5. The van der Waals surface area contributed by atoms with E-state index in [0.717, 1.165) is 55.6 Å². The number of fused-ring (bicyclic) bond motifs is 4. The topological polar surface area (TPSA) is 42.4 Å². The van der Waals surface area contributed by atoms with Crippen LogP contribution in [0.25, 0.3) is 55.6 Å². The van der Waals surface area contributed by atoms with Crippen molar-refractivity contribution in [2.75, 3.05) is 4.90 Å². The molecular formula is C37H24N2O2. The molecule has 194 valence electrons. The van der Waals surface area contributed by atoms with Gasteiger partial charge in [-0.1, -0.05) is 97.1 Å². The van der Waals surface area contributed by atoms with Gasteiger partial charge in [-0.3, -0.25) is 0 Å². The number of para-hydroxylation sites is 2. The summed E-state index contributed by atoms with van der Waals surface area (Å²) < 4.78 is 12.8. The molecule has 0 atom stereocenters. The molecular weight excluding hydrogens is 504 g/mol. The lowest BCUT2D eigenvalue weighted by Gasteiger charge is -2.26. The second-order valence-corrected chi connectivity index (χ2v) is 10.0. The van der Waals surface area contributed by atoms with E-state index < -0.39 is 0 Å². The number of aromatic nitrogens is 1. The number of hydrogen-bond donors (Lipinski definition) is 0. The van der Waals surface area contributed by atoms with Crippen molar-refractivity contribution in [1.82, 2.24) is 4.98 Å². The average molecular weight is 529 g/mol. The van der Waals surface area contributed by atoms with Crippen LogP contribution in [0, 0.1) is 0 Å². The zero-order valence-electron chi connectivity index (χ0n) is 22.1. The molecule has 0 aliphatic heterocycles. The van der Waals surface area contributed by atoms with Crippen molar-refractivity contribution in [2.24, 2.45) is 0 Å². The highest BCUT2D eigenvalue weighted by atomic mass is 16.4. The van der Waals surface area contributed by atoms with Crippen molar-refractivity contribution in [3.8, 4) is 22.6 Å². The quantitative estimate of drug-likeness (QED) is 0.223. The van der Waals surface area contributed by atoms with E-state index in [1.807, 2.05) is 66.7 Å². The van der Waals surface area contributed by atoms with E-state index in [1.165, 1.54) is 5.56 Å². The van der Waals surface area contributed by atoms with Crippen LogP contribution < -0.4 is 4.90 Å². The Morgan fingerprint density at radius 2 is 1.05 bits per heavy atom. The fourth-order valence-electron chi connectivity index (χ4n) is 5.59. The van der Waals surface area contributed by atoms with Gasteiger partial charge in [-0.15, -0.1) is 0 Å². The SMILES string of the molecule is c1ccc(-c2ccc(N(c3ccccc3)c3c4nc(-c5ccccc5)oc4cc4oc5ccccc5c34)cc2)cc1. The minimum Gasteiger partial charge on any atom is -0.456 e. The highest BCUT2D eigenvalue weighted by Crippen LogP contribution is 2.47. The van der Waals surface area contributed by atoms with E-state index in [1.54, 1.807) is 0 Å². The van der Waals surface area contributed by atoms with Crippen LogP contribution in [-0.2, 0) is 0 Å². The molecule has 41 heavy (non-hydrogen) atoms. The Morgan fingerprint density at radius 3 is 1.78 bits per heavy atom. The Labute approximate surface area is 236 Å². The van der Waals surface area contributed by atoms with Gasteiger partial charge in [-0.25, -0.2) is 4.98 Å². The largest absolute Gasteiger partial charge is 0.456 e. The number of oxazole rings is 1. The maximum Gasteiger partial charge on any atom is 0.227 e. The molecule has 2 aromatic heterocycles. The number of anilines is 3. The lowest BCUT2D eigenvalue weighted by Crippen LogP contribution is -2.11. The van der Waals surface area contributed by atoms with Gasteiger partial charge in [0.2, 0.25) is 5.89 Å². The van der Waals surface area contributed by atoms with Gasteiger partial charge in [-0.05, 0) is 53.6 Å². The van der Waals surface area contributed by atoms with Crippen molar-refractivity contribution in [2.45, 2.75) is 0 Å². The molecule has 2 heterocycles. The summed E-state index contributed by atoms with van der Waals surface area (Å²) in [6, 6.07) is 49.6. The molecule has 0 spiro atoms. The van der Waals surface area contributed by atoms with Gasteiger partial charge in [0.15, 0.2) is 5.58 Å². The molecule has 0 N–H and O–H groups in total. The van der Waals surface area contributed by atoms with Crippen LogP contribution in [-0.4, -0.2) is 4.98 Å². The van der Waals surface area contributed by atoms with E-state index >= 15 is 0 Å². The summed E-state index contributed by atoms with van der Waals surface area (Å²) in [5, 5.41) is 2.03. The molecule has 0 bridgehead atoms. The molecule has 4 nitrogen and oxygen atoms in total. The number of hydrogen-bond acceptors (Lipinski definition) is 4. The summed E-state index contributed by atoms with van der Waals surface area (Å²) in [5.74, 6) is 0.575. The summed E-state index contributed by atoms with van der Waals surface area (Å²) in [6.45, 7) is 0. The molecule has 6 aromatic carbocycles. The van der Waals surface area contributed by atoms with Crippen LogP contribution in [0.5, 0.6) is 0 Å². The average Bonchev–Trinajstić information content (AvgIpc) is 3.64. The van der Waals surface area contributed by atoms with Crippen molar-refractivity contribution >= 4 is 50.1 Å². The second-order valence-electron chi connectivity index (χ2n) is 10.0. The second kappa shape index (κ2) is 9.54. The third-order valence-corrected chi connectivity index (χ3v) is 7.49. The van der Waals surface area contributed by atoms with Crippen LogP contribution in [0.2, 0.25) is 0 Å². The number of benzene rings is 6. The van der Waals surface area contributed by atoms with Gasteiger partial charge in [0, 0.05) is 28.4 Å². The normalized spacial score (nSPS) is 11.4.